The Kier molecular flexibility index (Phi) is 5.34. The fraction of sp³-hybridized carbons (Fsp3) is 0.389. The predicted molar refractivity (Wildman–Crippen MR) is 87.1 cm³/mol. The molecule has 0 saturated carbocycles. The number of likely N-dealkylation sites (N-methyl/N-ethyl adjacent to an activating group) is 1. The molecule has 0 aromatic heterocycles. The second-order valence-electron chi connectivity index (χ2n) is 5.54. The Morgan fingerprint density at radius 2 is 1.95 bits per heavy atom. The van der Waals surface area contributed by atoms with Crippen molar-refractivity contribution in [3.63, 3.8) is 0 Å². The molecular weight excluding hydrogens is 260 g/mol. The molecule has 0 saturated heterocycles. The Morgan fingerprint density at radius 3 is 2.62 bits per heavy atom. The van der Waals surface area contributed by atoms with Crippen molar-refractivity contribution in [2.75, 3.05) is 26.7 Å². The van der Waals surface area contributed by atoms with Gasteiger partial charge in [0.05, 0.1) is 6.54 Å². The molecular formula is C18H24N2O. The summed E-state index contributed by atoms with van der Waals surface area (Å²) in [6.07, 6.45) is 5.70. The number of carbonyl (C=O) groups excluding carboxylic acids is 1. The van der Waals surface area contributed by atoms with Gasteiger partial charge in [-0.1, -0.05) is 36.4 Å². The van der Waals surface area contributed by atoms with Crippen LogP contribution in [0, 0.1) is 0 Å². The number of aryl methyl sites for hydroxylation is 1. The Bertz CT molecular complexity index is 514. The molecule has 1 aliphatic carbocycles. The van der Waals surface area contributed by atoms with Crippen LogP contribution in [0.3, 0.4) is 0 Å². The molecule has 21 heavy (non-hydrogen) atoms. The zero-order chi connectivity index (χ0) is 15.2. The SMILES string of the molecule is C=CCN(CC=C)C(=O)CN(C)C1CCc2ccccc21. The van der Waals surface area contributed by atoms with E-state index >= 15 is 0 Å². The molecule has 1 atom stereocenters. The summed E-state index contributed by atoms with van der Waals surface area (Å²) < 4.78 is 0. The van der Waals surface area contributed by atoms with Crippen LogP contribution in [0.1, 0.15) is 23.6 Å². The highest BCUT2D eigenvalue weighted by Crippen LogP contribution is 2.34. The smallest absolute Gasteiger partial charge is 0.237 e. The molecule has 1 aromatic carbocycles. The summed E-state index contributed by atoms with van der Waals surface area (Å²) in [4.78, 5) is 16.3. The van der Waals surface area contributed by atoms with Crippen molar-refractivity contribution >= 4 is 5.91 Å². The first kappa shape index (κ1) is 15.5. The van der Waals surface area contributed by atoms with E-state index in [0.717, 1.165) is 12.8 Å². The molecule has 2 rings (SSSR count). The predicted octanol–water partition coefficient (Wildman–Crippen LogP) is 2.81. The first-order chi connectivity index (χ1) is 10.2. The largest absolute Gasteiger partial charge is 0.334 e. The van der Waals surface area contributed by atoms with E-state index in [0.29, 0.717) is 25.7 Å². The van der Waals surface area contributed by atoms with Crippen LogP contribution in [-0.2, 0) is 11.2 Å². The van der Waals surface area contributed by atoms with Crippen molar-refractivity contribution in [2.45, 2.75) is 18.9 Å². The summed E-state index contributed by atoms with van der Waals surface area (Å²) in [6, 6.07) is 8.88. The molecule has 1 amide bonds. The second-order valence-corrected chi connectivity index (χ2v) is 5.54. The minimum Gasteiger partial charge on any atom is -0.334 e. The average molecular weight is 284 g/mol. The third-order valence-corrected chi connectivity index (χ3v) is 4.07. The first-order valence-electron chi connectivity index (χ1n) is 7.45. The molecule has 1 aliphatic rings. The molecule has 0 aliphatic heterocycles. The summed E-state index contributed by atoms with van der Waals surface area (Å²) in [6.45, 7) is 8.99. The van der Waals surface area contributed by atoms with Crippen LogP contribution in [0.5, 0.6) is 0 Å². The number of hydrogen-bond donors (Lipinski definition) is 0. The van der Waals surface area contributed by atoms with Gasteiger partial charge < -0.3 is 4.90 Å². The van der Waals surface area contributed by atoms with Crippen molar-refractivity contribution < 1.29 is 4.79 Å². The zero-order valence-corrected chi connectivity index (χ0v) is 12.8. The highest BCUT2D eigenvalue weighted by Gasteiger charge is 2.27. The van der Waals surface area contributed by atoms with Crippen LogP contribution in [0.2, 0.25) is 0 Å². The van der Waals surface area contributed by atoms with E-state index in [4.69, 9.17) is 0 Å². The number of amides is 1. The van der Waals surface area contributed by atoms with Gasteiger partial charge in [0, 0.05) is 19.1 Å². The van der Waals surface area contributed by atoms with E-state index in [1.165, 1.54) is 11.1 Å². The lowest BCUT2D eigenvalue weighted by Crippen LogP contribution is -2.40. The van der Waals surface area contributed by atoms with E-state index in [1.807, 2.05) is 7.05 Å². The minimum atomic E-state index is 0.127. The van der Waals surface area contributed by atoms with Crippen molar-refractivity contribution in [2.24, 2.45) is 0 Å². The van der Waals surface area contributed by atoms with Crippen molar-refractivity contribution in [3.8, 4) is 0 Å². The van der Waals surface area contributed by atoms with Gasteiger partial charge in [-0.05, 0) is 31.0 Å². The maximum atomic E-state index is 12.4. The number of nitrogens with zero attached hydrogens (tertiary/aromatic N) is 2. The molecule has 0 heterocycles. The summed E-state index contributed by atoms with van der Waals surface area (Å²) in [7, 11) is 2.03. The van der Waals surface area contributed by atoms with Crippen LogP contribution in [0.15, 0.2) is 49.6 Å². The maximum Gasteiger partial charge on any atom is 0.237 e. The Labute approximate surface area is 127 Å². The zero-order valence-electron chi connectivity index (χ0n) is 12.8. The summed E-state index contributed by atoms with van der Waals surface area (Å²) in [5, 5.41) is 0. The highest BCUT2D eigenvalue weighted by molar-refractivity contribution is 5.78. The van der Waals surface area contributed by atoms with Crippen molar-refractivity contribution in [1.82, 2.24) is 9.80 Å². The number of fused-ring (bicyclic) bond motifs is 1. The molecule has 0 N–H and O–H groups in total. The average Bonchev–Trinajstić information content (AvgIpc) is 2.91. The summed E-state index contributed by atoms with van der Waals surface area (Å²) in [5.74, 6) is 0.127. The van der Waals surface area contributed by atoms with Crippen LogP contribution < -0.4 is 0 Å². The number of rotatable bonds is 7. The first-order valence-corrected chi connectivity index (χ1v) is 7.45. The van der Waals surface area contributed by atoms with Crippen molar-refractivity contribution in [3.05, 3.63) is 60.7 Å². The van der Waals surface area contributed by atoms with Gasteiger partial charge in [0.1, 0.15) is 0 Å². The molecule has 3 nitrogen and oxygen atoms in total. The molecule has 0 bridgehead atoms. The number of hydrogen-bond acceptors (Lipinski definition) is 2. The molecule has 3 heteroatoms. The fourth-order valence-corrected chi connectivity index (χ4v) is 3.01. The van der Waals surface area contributed by atoms with Gasteiger partial charge in [-0.2, -0.15) is 0 Å². The van der Waals surface area contributed by atoms with Crippen LogP contribution >= 0.6 is 0 Å². The van der Waals surface area contributed by atoms with Gasteiger partial charge in [0.2, 0.25) is 5.91 Å². The molecule has 0 fully saturated rings. The third kappa shape index (κ3) is 3.61. The number of carbonyl (C=O) groups is 1. The fourth-order valence-electron chi connectivity index (χ4n) is 3.01. The van der Waals surface area contributed by atoms with Gasteiger partial charge in [-0.15, -0.1) is 13.2 Å². The van der Waals surface area contributed by atoms with Gasteiger partial charge >= 0.3 is 0 Å². The lowest BCUT2D eigenvalue weighted by atomic mass is 10.1. The quantitative estimate of drug-likeness (QED) is 0.719. The Balaban J connectivity index is 2.01. The monoisotopic (exact) mass is 284 g/mol. The molecule has 0 spiro atoms. The van der Waals surface area contributed by atoms with E-state index < -0.39 is 0 Å². The van der Waals surface area contributed by atoms with E-state index in [-0.39, 0.29) is 5.91 Å². The van der Waals surface area contributed by atoms with Crippen LogP contribution in [0.25, 0.3) is 0 Å². The third-order valence-electron chi connectivity index (χ3n) is 4.07. The van der Waals surface area contributed by atoms with E-state index in [9.17, 15) is 4.79 Å². The van der Waals surface area contributed by atoms with E-state index in [1.54, 1.807) is 17.1 Å². The maximum absolute atomic E-state index is 12.4. The second kappa shape index (κ2) is 7.23. The highest BCUT2D eigenvalue weighted by atomic mass is 16.2. The van der Waals surface area contributed by atoms with Gasteiger partial charge in [-0.3, -0.25) is 9.69 Å². The Morgan fingerprint density at radius 1 is 1.29 bits per heavy atom. The summed E-state index contributed by atoms with van der Waals surface area (Å²) >= 11 is 0. The Hall–Kier alpha value is -1.87. The standard InChI is InChI=1S/C18H24N2O/c1-4-12-20(13-5-2)18(21)14-19(3)17-11-10-15-8-6-7-9-16(15)17/h4-9,17H,1-2,10-14H2,3H3. The minimum absolute atomic E-state index is 0.127. The van der Waals surface area contributed by atoms with Crippen LogP contribution in [0.4, 0.5) is 0 Å². The van der Waals surface area contributed by atoms with Gasteiger partial charge in [0.15, 0.2) is 0 Å². The van der Waals surface area contributed by atoms with Gasteiger partial charge in [0.25, 0.3) is 0 Å². The van der Waals surface area contributed by atoms with Crippen LogP contribution in [-0.4, -0.2) is 42.4 Å². The number of benzene rings is 1. The lowest BCUT2D eigenvalue weighted by Gasteiger charge is -2.28. The molecule has 0 radical (unpaired) electrons. The van der Waals surface area contributed by atoms with Crippen molar-refractivity contribution in [1.29, 1.82) is 0 Å². The molecule has 1 unspecified atom stereocenters. The summed E-state index contributed by atoms with van der Waals surface area (Å²) in [5.41, 5.74) is 2.78. The molecule has 112 valence electrons. The lowest BCUT2D eigenvalue weighted by molar-refractivity contribution is -0.131. The molecule has 1 aromatic rings. The van der Waals surface area contributed by atoms with E-state index in [2.05, 4.69) is 42.3 Å². The topological polar surface area (TPSA) is 23.6 Å². The normalized spacial score (nSPS) is 16.6. The van der Waals surface area contributed by atoms with Gasteiger partial charge in [-0.25, -0.2) is 0 Å².